The van der Waals surface area contributed by atoms with Crippen molar-refractivity contribution in [3.8, 4) is 5.75 Å². The van der Waals surface area contributed by atoms with Crippen molar-refractivity contribution in [1.29, 1.82) is 0 Å². The molecule has 7 heteroatoms. The summed E-state index contributed by atoms with van der Waals surface area (Å²) in [5.74, 6) is 0.0952. The minimum Gasteiger partial charge on any atom is -0.478 e. The van der Waals surface area contributed by atoms with E-state index in [-0.39, 0.29) is 5.75 Å². The molecule has 1 unspecified atom stereocenters. The van der Waals surface area contributed by atoms with Gasteiger partial charge in [0.15, 0.2) is 24.3 Å². The van der Waals surface area contributed by atoms with Gasteiger partial charge in [0, 0.05) is 12.0 Å². The molecule has 27 heavy (non-hydrogen) atoms. The Kier molecular flexibility index (Phi) is 5.05. The summed E-state index contributed by atoms with van der Waals surface area (Å²) in [7, 11) is 0. The number of hydrogen-bond acceptors (Lipinski definition) is 4. The van der Waals surface area contributed by atoms with Crippen LogP contribution in [0.2, 0.25) is 0 Å². The molecule has 140 valence electrons. The molecule has 1 aromatic heterocycles. The van der Waals surface area contributed by atoms with Crippen LogP contribution in [0.4, 0.5) is 4.39 Å². The molecule has 2 atom stereocenters. The van der Waals surface area contributed by atoms with Crippen LogP contribution in [0, 0.1) is 10.7 Å². The first-order valence-electron chi connectivity index (χ1n) is 8.99. The summed E-state index contributed by atoms with van der Waals surface area (Å²) in [6, 6.07) is 14.8. The van der Waals surface area contributed by atoms with Gasteiger partial charge in [0.2, 0.25) is 0 Å². The minimum absolute atomic E-state index is 0.166. The fourth-order valence-electron chi connectivity index (χ4n) is 3.36. The standard InChI is InChI=1S/C20H20FN3O2S/c1-14(25-18-9-5-4-8-17(18)21)19-22-24(20(27)26-19)13-23-11-10-15-6-2-3-7-16(15)12-23/h2-9,14H,10-13H2,1H3/p+1/t14-/m1/s1. The van der Waals surface area contributed by atoms with Gasteiger partial charge >= 0.3 is 0 Å². The largest absolute Gasteiger partial charge is 0.478 e. The summed E-state index contributed by atoms with van der Waals surface area (Å²) in [5.41, 5.74) is 2.78. The minimum atomic E-state index is -0.540. The van der Waals surface area contributed by atoms with E-state index in [1.54, 1.807) is 29.8 Å². The number of quaternary nitrogens is 1. The second kappa shape index (κ2) is 7.62. The Balaban J connectivity index is 1.46. The molecule has 1 N–H and O–H groups in total. The lowest BCUT2D eigenvalue weighted by Crippen LogP contribution is -3.11. The highest BCUT2D eigenvalue weighted by atomic mass is 32.1. The Morgan fingerprint density at radius 2 is 1.96 bits per heavy atom. The summed E-state index contributed by atoms with van der Waals surface area (Å²) >= 11 is 5.32. The predicted molar refractivity (Wildman–Crippen MR) is 100 cm³/mol. The van der Waals surface area contributed by atoms with Crippen LogP contribution in [0.3, 0.4) is 0 Å². The average Bonchev–Trinajstić information content (AvgIpc) is 3.04. The molecule has 2 heterocycles. The maximum absolute atomic E-state index is 13.8. The monoisotopic (exact) mass is 386 g/mol. The highest BCUT2D eigenvalue weighted by Crippen LogP contribution is 2.23. The van der Waals surface area contributed by atoms with Crippen molar-refractivity contribution in [3.63, 3.8) is 0 Å². The normalized spacial score (nSPS) is 17.3. The molecule has 3 aromatic rings. The fourth-order valence-corrected chi connectivity index (χ4v) is 3.55. The van der Waals surface area contributed by atoms with Crippen molar-refractivity contribution in [1.82, 2.24) is 9.78 Å². The molecule has 1 aliphatic heterocycles. The summed E-state index contributed by atoms with van der Waals surface area (Å²) in [6.45, 7) is 4.34. The van der Waals surface area contributed by atoms with Crippen molar-refractivity contribution in [3.05, 3.63) is 76.2 Å². The summed E-state index contributed by atoms with van der Waals surface area (Å²) < 4.78 is 26.7. The fraction of sp³-hybridized carbons (Fsp3) is 0.300. The molecule has 4 rings (SSSR count). The molecule has 2 aromatic carbocycles. The third-order valence-corrected chi connectivity index (χ3v) is 5.08. The molecule has 0 saturated heterocycles. The van der Waals surface area contributed by atoms with Gasteiger partial charge < -0.3 is 14.1 Å². The number of benzene rings is 2. The summed E-state index contributed by atoms with van der Waals surface area (Å²) in [6.07, 6.45) is 0.498. The number of para-hydroxylation sites is 1. The molecule has 0 amide bonds. The van der Waals surface area contributed by atoms with E-state index in [0.29, 0.717) is 17.4 Å². The number of halogens is 1. The SMILES string of the molecule is C[C@@H](Oc1ccccc1F)c1nn(C[NH+]2CCc3ccccc3C2)c(=S)o1. The third kappa shape index (κ3) is 3.94. The lowest BCUT2D eigenvalue weighted by molar-refractivity contribution is -0.939. The lowest BCUT2D eigenvalue weighted by Gasteiger charge is -2.25. The van der Waals surface area contributed by atoms with Crippen molar-refractivity contribution < 1.29 is 18.4 Å². The van der Waals surface area contributed by atoms with Crippen LogP contribution in [-0.2, 0) is 19.6 Å². The van der Waals surface area contributed by atoms with Crippen molar-refractivity contribution >= 4 is 12.2 Å². The third-order valence-electron chi connectivity index (χ3n) is 4.79. The molecule has 0 radical (unpaired) electrons. The first-order valence-corrected chi connectivity index (χ1v) is 9.40. The Hall–Kier alpha value is -2.51. The lowest BCUT2D eigenvalue weighted by atomic mass is 10.0. The van der Waals surface area contributed by atoms with Gasteiger partial charge in [-0.3, -0.25) is 0 Å². The van der Waals surface area contributed by atoms with E-state index in [2.05, 4.69) is 29.4 Å². The van der Waals surface area contributed by atoms with E-state index in [4.69, 9.17) is 21.4 Å². The zero-order valence-electron chi connectivity index (χ0n) is 15.0. The molecule has 0 fully saturated rings. The van der Waals surface area contributed by atoms with Gasteiger partial charge in [-0.25, -0.2) is 4.39 Å². The van der Waals surface area contributed by atoms with E-state index in [0.717, 1.165) is 19.5 Å². The number of ether oxygens (including phenoxy) is 1. The highest BCUT2D eigenvalue weighted by molar-refractivity contribution is 7.71. The first-order chi connectivity index (χ1) is 13.1. The Bertz CT molecular complexity index is 1000. The Morgan fingerprint density at radius 3 is 2.78 bits per heavy atom. The predicted octanol–water partition coefficient (Wildman–Crippen LogP) is 3.08. The molecule has 5 nitrogen and oxygen atoms in total. The molecule has 0 saturated carbocycles. The van der Waals surface area contributed by atoms with Gasteiger partial charge in [-0.05, 0) is 36.8 Å². The van der Waals surface area contributed by atoms with Gasteiger partial charge in [0.1, 0.15) is 6.54 Å². The number of nitrogens with one attached hydrogen (secondary N) is 1. The van der Waals surface area contributed by atoms with E-state index in [9.17, 15) is 4.39 Å². The topological polar surface area (TPSA) is 44.6 Å². The van der Waals surface area contributed by atoms with Crippen LogP contribution in [-0.4, -0.2) is 16.3 Å². The molecular weight excluding hydrogens is 365 g/mol. The second-order valence-corrected chi connectivity index (χ2v) is 7.10. The Morgan fingerprint density at radius 1 is 1.22 bits per heavy atom. The number of fused-ring (bicyclic) bond motifs is 1. The Labute approximate surface area is 162 Å². The molecular formula is C20H21FN3O2S+. The van der Waals surface area contributed by atoms with Gasteiger partial charge in [-0.2, -0.15) is 4.68 Å². The van der Waals surface area contributed by atoms with E-state index in [1.807, 2.05) is 0 Å². The quantitative estimate of drug-likeness (QED) is 0.685. The van der Waals surface area contributed by atoms with E-state index in [1.165, 1.54) is 22.1 Å². The maximum Gasteiger partial charge on any atom is 0.292 e. The van der Waals surface area contributed by atoms with Crippen LogP contribution >= 0.6 is 12.2 Å². The molecule has 1 aliphatic rings. The molecule has 0 bridgehead atoms. The summed E-state index contributed by atoms with van der Waals surface area (Å²) in [4.78, 5) is 1.67. The maximum atomic E-state index is 13.8. The van der Waals surface area contributed by atoms with Crippen LogP contribution in [0.15, 0.2) is 52.9 Å². The van der Waals surface area contributed by atoms with Crippen LogP contribution in [0.25, 0.3) is 0 Å². The molecule has 0 aliphatic carbocycles. The average molecular weight is 386 g/mol. The van der Waals surface area contributed by atoms with Crippen LogP contribution in [0.5, 0.6) is 5.75 Å². The number of hydrogen-bond donors (Lipinski definition) is 1. The molecule has 0 spiro atoms. The van der Waals surface area contributed by atoms with Gasteiger partial charge in [-0.1, -0.05) is 36.4 Å². The number of rotatable bonds is 5. The van der Waals surface area contributed by atoms with Crippen LogP contribution in [0.1, 0.15) is 30.0 Å². The number of nitrogens with zero attached hydrogens (tertiary/aromatic N) is 2. The smallest absolute Gasteiger partial charge is 0.292 e. The van der Waals surface area contributed by atoms with Gasteiger partial charge in [-0.15, -0.1) is 5.10 Å². The highest BCUT2D eigenvalue weighted by Gasteiger charge is 2.22. The first kappa shape index (κ1) is 17.9. The van der Waals surface area contributed by atoms with Crippen molar-refractivity contribution in [2.75, 3.05) is 6.54 Å². The van der Waals surface area contributed by atoms with Crippen molar-refractivity contribution in [2.45, 2.75) is 32.7 Å². The van der Waals surface area contributed by atoms with Crippen LogP contribution < -0.4 is 9.64 Å². The summed E-state index contributed by atoms with van der Waals surface area (Å²) in [5, 5.41) is 4.46. The van der Waals surface area contributed by atoms with Gasteiger partial charge in [0.05, 0.1) is 6.54 Å². The second-order valence-electron chi connectivity index (χ2n) is 6.75. The van der Waals surface area contributed by atoms with E-state index < -0.39 is 11.9 Å². The number of aromatic nitrogens is 2. The zero-order chi connectivity index (χ0) is 18.8. The van der Waals surface area contributed by atoms with E-state index >= 15 is 0 Å². The van der Waals surface area contributed by atoms with Crippen molar-refractivity contribution in [2.24, 2.45) is 0 Å². The van der Waals surface area contributed by atoms with Gasteiger partial charge in [0.25, 0.3) is 10.7 Å². The zero-order valence-corrected chi connectivity index (χ0v) is 15.8.